The van der Waals surface area contributed by atoms with Gasteiger partial charge in [-0.15, -0.1) is 0 Å². The Kier molecular flexibility index (Phi) is 6.12. The van der Waals surface area contributed by atoms with Gasteiger partial charge in [-0.05, 0) is 20.0 Å². The Labute approximate surface area is 110 Å². The molecule has 18 heavy (non-hydrogen) atoms. The van der Waals surface area contributed by atoms with Gasteiger partial charge in [0.1, 0.15) is 5.75 Å². The van der Waals surface area contributed by atoms with Crippen LogP contribution in [0.2, 0.25) is 0 Å². The summed E-state index contributed by atoms with van der Waals surface area (Å²) in [5, 5.41) is 0. The summed E-state index contributed by atoms with van der Waals surface area (Å²) in [4.78, 5) is 2.20. The zero-order chi connectivity index (χ0) is 13.5. The summed E-state index contributed by atoms with van der Waals surface area (Å²) < 4.78 is 10.5. The molecule has 0 bridgehead atoms. The van der Waals surface area contributed by atoms with E-state index in [0.717, 1.165) is 17.9 Å². The minimum Gasteiger partial charge on any atom is -0.496 e. The van der Waals surface area contributed by atoms with Crippen molar-refractivity contribution in [1.29, 1.82) is 0 Å². The molecule has 1 rings (SSSR count). The van der Waals surface area contributed by atoms with Gasteiger partial charge in [-0.3, -0.25) is 4.90 Å². The predicted octanol–water partition coefficient (Wildman–Crippen LogP) is 1.66. The van der Waals surface area contributed by atoms with Gasteiger partial charge in [0, 0.05) is 31.3 Å². The molecule has 0 saturated heterocycles. The lowest BCUT2D eigenvalue weighted by molar-refractivity contribution is 0.112. The number of nitrogens with two attached hydrogens (primary N) is 1. The van der Waals surface area contributed by atoms with Gasteiger partial charge in [-0.25, -0.2) is 0 Å². The molecule has 1 aromatic rings. The van der Waals surface area contributed by atoms with Crippen molar-refractivity contribution in [3.63, 3.8) is 0 Å². The normalized spacial score (nSPS) is 14.6. The molecule has 4 nitrogen and oxygen atoms in total. The first-order valence-electron chi connectivity index (χ1n) is 6.17. The Morgan fingerprint density at radius 1 is 1.28 bits per heavy atom. The predicted molar refractivity (Wildman–Crippen MR) is 73.9 cm³/mol. The zero-order valence-electron chi connectivity index (χ0n) is 11.7. The van der Waals surface area contributed by atoms with Crippen molar-refractivity contribution in [1.82, 2.24) is 4.90 Å². The molecule has 0 saturated carbocycles. The van der Waals surface area contributed by atoms with E-state index in [2.05, 4.69) is 18.9 Å². The van der Waals surface area contributed by atoms with E-state index in [-0.39, 0.29) is 6.04 Å². The van der Waals surface area contributed by atoms with Crippen molar-refractivity contribution in [3.8, 4) is 5.75 Å². The van der Waals surface area contributed by atoms with Crippen LogP contribution in [0.3, 0.4) is 0 Å². The highest BCUT2D eigenvalue weighted by Crippen LogP contribution is 2.23. The van der Waals surface area contributed by atoms with Crippen molar-refractivity contribution >= 4 is 0 Å². The highest BCUT2D eigenvalue weighted by Gasteiger charge is 2.16. The van der Waals surface area contributed by atoms with Gasteiger partial charge in [0.15, 0.2) is 0 Å². The quantitative estimate of drug-likeness (QED) is 0.802. The fourth-order valence-corrected chi connectivity index (χ4v) is 1.93. The van der Waals surface area contributed by atoms with Gasteiger partial charge in [-0.1, -0.05) is 18.2 Å². The SMILES string of the molecule is COCC(C)N(C)CC(N)c1ccccc1OC. The van der Waals surface area contributed by atoms with Crippen LogP contribution in [0.25, 0.3) is 0 Å². The summed E-state index contributed by atoms with van der Waals surface area (Å²) in [6, 6.07) is 8.16. The molecule has 0 radical (unpaired) electrons. The van der Waals surface area contributed by atoms with Gasteiger partial charge in [-0.2, -0.15) is 0 Å². The average Bonchev–Trinajstić information content (AvgIpc) is 2.38. The molecule has 0 aliphatic heterocycles. The molecular formula is C14H24N2O2. The highest BCUT2D eigenvalue weighted by atomic mass is 16.5. The van der Waals surface area contributed by atoms with E-state index >= 15 is 0 Å². The number of likely N-dealkylation sites (N-methyl/N-ethyl adjacent to an activating group) is 1. The van der Waals surface area contributed by atoms with E-state index in [4.69, 9.17) is 15.2 Å². The van der Waals surface area contributed by atoms with Crippen LogP contribution in [0.5, 0.6) is 5.75 Å². The van der Waals surface area contributed by atoms with Gasteiger partial charge >= 0.3 is 0 Å². The summed E-state index contributed by atoms with van der Waals surface area (Å²) in [5.41, 5.74) is 7.28. The van der Waals surface area contributed by atoms with Crippen LogP contribution in [0.1, 0.15) is 18.5 Å². The van der Waals surface area contributed by atoms with E-state index in [0.29, 0.717) is 12.6 Å². The number of rotatable bonds is 7. The Bertz CT molecular complexity index is 357. The molecule has 1 aromatic carbocycles. The maximum atomic E-state index is 6.24. The Morgan fingerprint density at radius 2 is 1.94 bits per heavy atom. The monoisotopic (exact) mass is 252 g/mol. The van der Waals surface area contributed by atoms with Crippen molar-refractivity contribution < 1.29 is 9.47 Å². The van der Waals surface area contributed by atoms with Crippen molar-refractivity contribution in [2.75, 3.05) is 34.4 Å². The first-order valence-corrected chi connectivity index (χ1v) is 6.17. The molecule has 4 heteroatoms. The summed E-state index contributed by atoms with van der Waals surface area (Å²) in [6.45, 7) is 3.60. The third-order valence-corrected chi connectivity index (χ3v) is 3.18. The molecule has 0 heterocycles. The molecule has 0 spiro atoms. The third kappa shape index (κ3) is 3.98. The second-order valence-corrected chi connectivity index (χ2v) is 4.59. The van der Waals surface area contributed by atoms with Gasteiger partial charge in [0.25, 0.3) is 0 Å². The first-order chi connectivity index (χ1) is 8.60. The highest BCUT2D eigenvalue weighted by molar-refractivity contribution is 5.35. The lowest BCUT2D eigenvalue weighted by Gasteiger charge is -2.27. The second-order valence-electron chi connectivity index (χ2n) is 4.59. The lowest BCUT2D eigenvalue weighted by atomic mass is 10.1. The summed E-state index contributed by atoms with van der Waals surface area (Å²) in [7, 11) is 5.44. The summed E-state index contributed by atoms with van der Waals surface area (Å²) in [5.74, 6) is 0.845. The number of hydrogen-bond acceptors (Lipinski definition) is 4. The van der Waals surface area contributed by atoms with E-state index in [9.17, 15) is 0 Å². The summed E-state index contributed by atoms with van der Waals surface area (Å²) >= 11 is 0. The largest absolute Gasteiger partial charge is 0.496 e. The first kappa shape index (κ1) is 15.0. The van der Waals surface area contributed by atoms with Crippen molar-refractivity contribution in [3.05, 3.63) is 29.8 Å². The Morgan fingerprint density at radius 3 is 2.56 bits per heavy atom. The maximum Gasteiger partial charge on any atom is 0.123 e. The third-order valence-electron chi connectivity index (χ3n) is 3.18. The number of hydrogen-bond donors (Lipinski definition) is 1. The van der Waals surface area contributed by atoms with Gasteiger partial charge in [0.05, 0.1) is 13.7 Å². The number of ether oxygens (including phenoxy) is 2. The second kappa shape index (κ2) is 7.36. The minimum absolute atomic E-state index is 0.0644. The average molecular weight is 252 g/mol. The molecule has 0 amide bonds. The van der Waals surface area contributed by atoms with Crippen molar-refractivity contribution in [2.24, 2.45) is 5.73 Å². The Hall–Kier alpha value is -1.10. The number of benzene rings is 1. The fraction of sp³-hybridized carbons (Fsp3) is 0.571. The number of methoxy groups -OCH3 is 2. The smallest absolute Gasteiger partial charge is 0.123 e. The molecule has 0 aliphatic rings. The fourth-order valence-electron chi connectivity index (χ4n) is 1.93. The standard InChI is InChI=1S/C14H24N2O2/c1-11(10-17-3)16(2)9-13(15)12-7-5-6-8-14(12)18-4/h5-8,11,13H,9-10,15H2,1-4H3. The maximum absolute atomic E-state index is 6.24. The summed E-state index contributed by atoms with van der Waals surface area (Å²) in [6.07, 6.45) is 0. The number of para-hydroxylation sites is 1. The molecule has 2 unspecified atom stereocenters. The van der Waals surface area contributed by atoms with Crippen LogP contribution >= 0.6 is 0 Å². The van der Waals surface area contributed by atoms with E-state index < -0.39 is 0 Å². The van der Waals surface area contributed by atoms with Crippen LogP contribution in [0.15, 0.2) is 24.3 Å². The number of nitrogens with zero attached hydrogens (tertiary/aromatic N) is 1. The van der Waals surface area contributed by atoms with Crippen LogP contribution in [0.4, 0.5) is 0 Å². The van der Waals surface area contributed by atoms with Crippen LogP contribution < -0.4 is 10.5 Å². The molecular weight excluding hydrogens is 228 g/mol. The van der Waals surface area contributed by atoms with Crippen LogP contribution in [0, 0.1) is 0 Å². The van der Waals surface area contributed by atoms with Gasteiger partial charge in [0.2, 0.25) is 0 Å². The van der Waals surface area contributed by atoms with Gasteiger partial charge < -0.3 is 15.2 Å². The molecule has 0 aliphatic carbocycles. The Balaban J connectivity index is 2.67. The van der Waals surface area contributed by atoms with Crippen molar-refractivity contribution in [2.45, 2.75) is 19.0 Å². The van der Waals surface area contributed by atoms with Crippen LogP contribution in [-0.2, 0) is 4.74 Å². The van der Waals surface area contributed by atoms with E-state index in [1.165, 1.54) is 0 Å². The van der Waals surface area contributed by atoms with E-state index in [1.54, 1.807) is 14.2 Å². The molecule has 2 N–H and O–H groups in total. The topological polar surface area (TPSA) is 47.7 Å². The molecule has 2 atom stereocenters. The molecule has 102 valence electrons. The van der Waals surface area contributed by atoms with Crippen LogP contribution in [-0.4, -0.2) is 45.4 Å². The van der Waals surface area contributed by atoms with E-state index in [1.807, 2.05) is 24.3 Å². The minimum atomic E-state index is -0.0644. The zero-order valence-corrected chi connectivity index (χ0v) is 11.7. The molecule has 0 fully saturated rings. The molecule has 0 aromatic heterocycles. The lowest BCUT2D eigenvalue weighted by Crippen LogP contribution is -2.38.